The molecular weight excluding hydrogens is 877 g/mol. The molecule has 0 heterocycles. The number of unbranched alkanes of at least 4 members (excludes halogenated alkanes) is 41. The lowest BCUT2D eigenvalue weighted by atomic mass is 10.0. The molecule has 0 aromatic rings. The number of allylic oxidation sites excluding steroid dienone is 6. The second kappa shape index (κ2) is 60.2. The van der Waals surface area contributed by atoms with E-state index in [0.29, 0.717) is 19.3 Å². The third-order valence-corrected chi connectivity index (χ3v) is 14.1. The number of hydrogen-bond donors (Lipinski definition) is 0. The van der Waals surface area contributed by atoms with Gasteiger partial charge in [-0.1, -0.05) is 282 Å². The van der Waals surface area contributed by atoms with Gasteiger partial charge in [0.05, 0.1) is 0 Å². The topological polar surface area (TPSA) is 78.9 Å². The van der Waals surface area contributed by atoms with Crippen molar-refractivity contribution in [2.24, 2.45) is 0 Å². The normalized spacial score (nSPS) is 12.2. The molecule has 0 saturated heterocycles. The van der Waals surface area contributed by atoms with Crippen molar-refractivity contribution in [2.45, 2.75) is 348 Å². The fourth-order valence-corrected chi connectivity index (χ4v) is 9.35. The van der Waals surface area contributed by atoms with E-state index in [9.17, 15) is 14.4 Å². The van der Waals surface area contributed by atoms with E-state index in [4.69, 9.17) is 14.2 Å². The molecule has 0 aliphatic heterocycles. The molecule has 0 spiro atoms. The van der Waals surface area contributed by atoms with Crippen LogP contribution in [0, 0.1) is 0 Å². The maximum atomic E-state index is 12.9. The molecule has 0 rings (SSSR count). The maximum Gasteiger partial charge on any atom is 0.306 e. The highest BCUT2D eigenvalue weighted by Crippen LogP contribution is 2.17. The van der Waals surface area contributed by atoms with E-state index in [0.717, 1.165) is 89.9 Å². The summed E-state index contributed by atoms with van der Waals surface area (Å²) in [6.45, 7) is 6.64. The highest BCUT2D eigenvalue weighted by Gasteiger charge is 2.19. The van der Waals surface area contributed by atoms with Crippen LogP contribution in [0.2, 0.25) is 0 Å². The molecule has 0 N–H and O–H groups in total. The molecule has 0 aliphatic rings. The number of esters is 3. The first-order valence-electron chi connectivity index (χ1n) is 31.5. The molecular formula is C65H120O6. The molecule has 6 heteroatoms. The zero-order valence-electron chi connectivity index (χ0n) is 47.8. The van der Waals surface area contributed by atoms with Crippen LogP contribution in [-0.2, 0) is 28.6 Å². The summed E-state index contributed by atoms with van der Waals surface area (Å²) < 4.78 is 16.9. The van der Waals surface area contributed by atoms with Crippen molar-refractivity contribution in [2.75, 3.05) is 13.2 Å². The molecule has 0 aromatic heterocycles. The van der Waals surface area contributed by atoms with Crippen LogP contribution in [0.25, 0.3) is 0 Å². The van der Waals surface area contributed by atoms with Crippen LogP contribution in [0.5, 0.6) is 0 Å². The van der Waals surface area contributed by atoms with Crippen LogP contribution in [0.1, 0.15) is 342 Å². The summed E-state index contributed by atoms with van der Waals surface area (Å²) in [6, 6.07) is 0. The second-order valence-electron chi connectivity index (χ2n) is 21.3. The quantitative estimate of drug-likeness (QED) is 0.0261. The fraction of sp³-hybridized carbons (Fsp3) is 0.862. The Bertz CT molecular complexity index is 1190. The van der Waals surface area contributed by atoms with E-state index < -0.39 is 6.10 Å². The van der Waals surface area contributed by atoms with E-state index in [1.54, 1.807) is 0 Å². The minimum atomic E-state index is -0.781. The Kier molecular flexibility index (Phi) is 58.2. The van der Waals surface area contributed by atoms with Gasteiger partial charge in [0.15, 0.2) is 6.10 Å². The fourth-order valence-electron chi connectivity index (χ4n) is 9.35. The van der Waals surface area contributed by atoms with E-state index >= 15 is 0 Å². The Hall–Kier alpha value is -2.37. The molecule has 0 radical (unpaired) electrons. The van der Waals surface area contributed by atoms with Crippen LogP contribution in [0.4, 0.5) is 0 Å². The summed E-state index contributed by atoms with van der Waals surface area (Å²) in [5, 5.41) is 0. The lowest BCUT2D eigenvalue weighted by molar-refractivity contribution is -0.167. The monoisotopic (exact) mass is 997 g/mol. The minimum absolute atomic E-state index is 0.0767. The van der Waals surface area contributed by atoms with Crippen LogP contribution < -0.4 is 0 Å². The number of rotatable bonds is 58. The lowest BCUT2D eigenvalue weighted by Gasteiger charge is -2.18. The van der Waals surface area contributed by atoms with Crippen LogP contribution in [-0.4, -0.2) is 37.2 Å². The average Bonchev–Trinajstić information content (AvgIpc) is 3.37. The van der Waals surface area contributed by atoms with Crippen molar-refractivity contribution in [1.82, 2.24) is 0 Å². The molecule has 0 amide bonds. The first-order chi connectivity index (χ1) is 35.0. The van der Waals surface area contributed by atoms with E-state index in [1.165, 1.54) is 212 Å². The molecule has 0 saturated carbocycles. The Labute approximate surface area is 442 Å². The first-order valence-corrected chi connectivity index (χ1v) is 31.5. The van der Waals surface area contributed by atoms with Gasteiger partial charge in [-0.2, -0.15) is 0 Å². The van der Waals surface area contributed by atoms with E-state index in [-0.39, 0.29) is 31.1 Å². The van der Waals surface area contributed by atoms with E-state index in [1.807, 2.05) is 0 Å². The molecule has 71 heavy (non-hydrogen) atoms. The van der Waals surface area contributed by atoms with Gasteiger partial charge in [-0.3, -0.25) is 14.4 Å². The number of carbonyl (C=O) groups is 3. The highest BCUT2D eigenvalue weighted by atomic mass is 16.6. The molecule has 0 bridgehead atoms. The Morgan fingerprint density at radius 2 is 0.507 bits per heavy atom. The van der Waals surface area contributed by atoms with Gasteiger partial charge >= 0.3 is 17.9 Å². The smallest absolute Gasteiger partial charge is 0.306 e. The van der Waals surface area contributed by atoms with Crippen molar-refractivity contribution in [3.63, 3.8) is 0 Å². The average molecular weight is 998 g/mol. The van der Waals surface area contributed by atoms with Crippen molar-refractivity contribution in [3.8, 4) is 0 Å². The summed E-state index contributed by atoms with van der Waals surface area (Å²) in [7, 11) is 0. The van der Waals surface area contributed by atoms with Gasteiger partial charge in [0.1, 0.15) is 13.2 Å². The van der Waals surface area contributed by atoms with E-state index in [2.05, 4.69) is 57.2 Å². The van der Waals surface area contributed by atoms with Crippen molar-refractivity contribution >= 4 is 17.9 Å². The largest absolute Gasteiger partial charge is 0.462 e. The predicted octanol–water partition coefficient (Wildman–Crippen LogP) is 21.2. The van der Waals surface area contributed by atoms with Crippen molar-refractivity contribution in [1.29, 1.82) is 0 Å². The molecule has 0 fully saturated rings. The van der Waals surface area contributed by atoms with Gasteiger partial charge in [-0.15, -0.1) is 0 Å². The zero-order valence-corrected chi connectivity index (χ0v) is 47.8. The molecule has 0 aromatic carbocycles. The Balaban J connectivity index is 4.26. The standard InChI is InChI=1S/C65H120O6/c1-4-7-10-13-16-19-22-25-28-29-30-31-32-33-34-35-36-38-40-43-46-49-52-55-58-64(67)70-61-62(60-69-63(66)57-54-51-48-45-42-39-27-24-21-18-15-12-9-6-3)71-65(68)59-56-53-50-47-44-41-37-26-23-20-17-14-11-8-5-2/h17,20,24,26-27,37,62H,4-16,18-19,21-23,25,28-36,38-61H2,1-3H3/b20-17-,27-24-,37-26-. The predicted molar refractivity (Wildman–Crippen MR) is 307 cm³/mol. The maximum absolute atomic E-state index is 12.9. The van der Waals surface area contributed by atoms with Gasteiger partial charge in [0.25, 0.3) is 0 Å². The van der Waals surface area contributed by atoms with Gasteiger partial charge in [-0.05, 0) is 77.0 Å². The van der Waals surface area contributed by atoms with Gasteiger partial charge in [-0.25, -0.2) is 0 Å². The minimum Gasteiger partial charge on any atom is -0.462 e. The molecule has 1 unspecified atom stereocenters. The summed E-state index contributed by atoms with van der Waals surface area (Å²) in [5.41, 5.74) is 0. The first kappa shape index (κ1) is 68.6. The third-order valence-electron chi connectivity index (χ3n) is 14.1. The number of carbonyl (C=O) groups excluding carboxylic acids is 3. The summed E-state index contributed by atoms with van der Waals surface area (Å²) >= 11 is 0. The Morgan fingerprint density at radius 3 is 0.817 bits per heavy atom. The summed E-state index contributed by atoms with van der Waals surface area (Å²) in [5.74, 6) is -0.879. The van der Waals surface area contributed by atoms with Crippen LogP contribution in [0.15, 0.2) is 36.5 Å². The molecule has 0 aliphatic carbocycles. The van der Waals surface area contributed by atoms with Gasteiger partial charge < -0.3 is 14.2 Å². The van der Waals surface area contributed by atoms with Crippen molar-refractivity contribution < 1.29 is 28.6 Å². The van der Waals surface area contributed by atoms with Crippen molar-refractivity contribution in [3.05, 3.63) is 36.5 Å². The second-order valence-corrected chi connectivity index (χ2v) is 21.3. The summed E-state index contributed by atoms with van der Waals surface area (Å²) in [4.78, 5) is 38.2. The summed E-state index contributed by atoms with van der Waals surface area (Å²) in [6.07, 6.45) is 73.0. The highest BCUT2D eigenvalue weighted by molar-refractivity contribution is 5.71. The third kappa shape index (κ3) is 58.4. The van der Waals surface area contributed by atoms with Crippen LogP contribution in [0.3, 0.4) is 0 Å². The molecule has 416 valence electrons. The SMILES string of the molecule is CCCCC/C=C\C/C=C\CCCCCCCC(=O)OC(COC(=O)CCCCCCC/C=C\CCCCCCC)COC(=O)CCCCCCCCCCCCCCCCCCCCCCCCCC. The Morgan fingerprint density at radius 1 is 0.282 bits per heavy atom. The van der Waals surface area contributed by atoms with Gasteiger partial charge in [0, 0.05) is 19.3 Å². The zero-order chi connectivity index (χ0) is 51.4. The number of ether oxygens (including phenoxy) is 3. The van der Waals surface area contributed by atoms with Gasteiger partial charge in [0.2, 0.25) is 0 Å². The number of hydrogen-bond acceptors (Lipinski definition) is 6. The molecule has 6 nitrogen and oxygen atoms in total. The van der Waals surface area contributed by atoms with Crippen LogP contribution >= 0.6 is 0 Å². The lowest BCUT2D eigenvalue weighted by Crippen LogP contribution is -2.30. The molecule has 1 atom stereocenters.